The van der Waals surface area contributed by atoms with Gasteiger partial charge in [-0.05, 0) is 68.6 Å². The van der Waals surface area contributed by atoms with Crippen molar-refractivity contribution >= 4 is 35.3 Å². The maximum atomic E-state index is 14.5. The van der Waals surface area contributed by atoms with E-state index in [1.165, 1.54) is 25.5 Å². The normalized spacial score (nSPS) is 24.8. The molecule has 3 saturated carbocycles. The van der Waals surface area contributed by atoms with Crippen molar-refractivity contribution in [2.45, 2.75) is 122 Å². The molecule has 0 spiro atoms. The maximum absolute atomic E-state index is 14.5. The molecule has 0 radical (unpaired) electrons. The van der Waals surface area contributed by atoms with Gasteiger partial charge in [0.2, 0.25) is 23.5 Å². The first-order valence-electron chi connectivity index (χ1n) is 17.2. The predicted octanol–water partition coefficient (Wildman–Crippen LogP) is 1.67. The maximum Gasteiger partial charge on any atom is 0.289 e. The Kier molecular flexibility index (Phi) is 10.6. The van der Waals surface area contributed by atoms with Gasteiger partial charge >= 0.3 is 0 Å². The van der Waals surface area contributed by atoms with E-state index in [0.717, 1.165) is 64.2 Å². The van der Waals surface area contributed by atoms with Crippen molar-refractivity contribution in [3.8, 4) is 0 Å². The molecule has 1 aromatic heterocycles. The lowest BCUT2D eigenvalue weighted by Gasteiger charge is -2.38. The van der Waals surface area contributed by atoms with E-state index >= 15 is 0 Å². The van der Waals surface area contributed by atoms with Crippen LogP contribution in [-0.2, 0) is 24.0 Å². The number of Topliss-reactive ketones (excluding diaryl/α,β-unsaturated/α-hetero) is 1. The lowest BCUT2D eigenvalue weighted by atomic mass is 9.82. The number of fused-ring (bicyclic) bond motifs is 1. The summed E-state index contributed by atoms with van der Waals surface area (Å²) in [6, 6.07) is -3.74. The Morgan fingerprint density at radius 1 is 0.872 bits per heavy atom. The van der Waals surface area contributed by atoms with Crippen LogP contribution in [0.1, 0.15) is 102 Å². The molecule has 4 aliphatic rings. The van der Waals surface area contributed by atoms with Crippen LogP contribution in [0.3, 0.4) is 0 Å². The van der Waals surface area contributed by atoms with E-state index in [9.17, 15) is 28.8 Å². The molecule has 13 nitrogen and oxygen atoms in total. The molecule has 5 amide bonds. The number of aromatic nitrogens is 2. The van der Waals surface area contributed by atoms with Crippen molar-refractivity contribution in [3.05, 3.63) is 24.3 Å². The van der Waals surface area contributed by atoms with Gasteiger partial charge in [-0.2, -0.15) is 0 Å². The molecule has 2 unspecified atom stereocenters. The summed E-state index contributed by atoms with van der Waals surface area (Å²) in [5, 5.41) is 11.3. The molecule has 6 atom stereocenters. The highest BCUT2D eigenvalue weighted by atomic mass is 16.2. The molecule has 1 aromatic rings. The van der Waals surface area contributed by atoms with E-state index in [1.54, 1.807) is 4.90 Å². The predicted molar refractivity (Wildman–Crippen MR) is 171 cm³/mol. The third kappa shape index (κ3) is 8.16. The lowest BCUT2D eigenvalue weighted by Crippen LogP contribution is -2.62. The van der Waals surface area contributed by atoms with Gasteiger partial charge in [0.05, 0.1) is 12.2 Å². The van der Waals surface area contributed by atoms with Gasteiger partial charge in [-0.15, -0.1) is 0 Å². The second-order valence-electron chi connectivity index (χ2n) is 14.9. The zero-order chi connectivity index (χ0) is 33.9. The molecule has 13 heteroatoms. The van der Waals surface area contributed by atoms with Crippen LogP contribution in [0.2, 0.25) is 0 Å². The number of rotatable bonds is 11. The zero-order valence-electron chi connectivity index (χ0n) is 27.9. The minimum Gasteiger partial charge on any atom is -0.347 e. The molecule has 3 aliphatic carbocycles. The second kappa shape index (κ2) is 14.5. The summed E-state index contributed by atoms with van der Waals surface area (Å²) in [5.74, 6) is -3.33. The third-order valence-corrected chi connectivity index (χ3v) is 10.2. The highest BCUT2D eigenvalue weighted by Crippen LogP contribution is 2.43. The molecule has 47 heavy (non-hydrogen) atoms. The summed E-state index contributed by atoms with van der Waals surface area (Å²) in [6.45, 7) is 7.42. The minimum atomic E-state index is -1.05. The highest BCUT2D eigenvalue weighted by molar-refractivity contribution is 6.38. The fraction of sp³-hybridized carbons (Fsp3) is 0.706. The second-order valence-corrected chi connectivity index (χ2v) is 14.9. The first-order chi connectivity index (χ1) is 22.3. The first-order valence-corrected chi connectivity index (χ1v) is 17.2. The summed E-state index contributed by atoms with van der Waals surface area (Å²) in [4.78, 5) is 90.2. The van der Waals surface area contributed by atoms with Crippen LogP contribution in [-0.4, -0.2) is 86.9 Å². The van der Waals surface area contributed by atoms with Crippen LogP contribution in [0, 0.1) is 23.2 Å². The van der Waals surface area contributed by atoms with Crippen molar-refractivity contribution < 1.29 is 28.8 Å². The van der Waals surface area contributed by atoms with Gasteiger partial charge in [0.1, 0.15) is 23.8 Å². The number of amides is 5. The van der Waals surface area contributed by atoms with Crippen molar-refractivity contribution in [2.75, 3.05) is 6.54 Å². The topological polar surface area (TPSA) is 180 Å². The number of nitrogens with zero attached hydrogens (tertiary/aromatic N) is 3. The summed E-state index contributed by atoms with van der Waals surface area (Å²) in [7, 11) is 0. The number of carbonyl (C=O) groups is 6. The number of hydrogen-bond acceptors (Lipinski definition) is 8. The van der Waals surface area contributed by atoms with Crippen LogP contribution < -0.4 is 21.3 Å². The quantitative estimate of drug-likeness (QED) is 0.261. The van der Waals surface area contributed by atoms with Crippen LogP contribution in [0.4, 0.5) is 0 Å². The number of carbonyl (C=O) groups excluding carboxylic acids is 6. The lowest BCUT2D eigenvalue weighted by molar-refractivity contribution is -0.146. The van der Waals surface area contributed by atoms with Gasteiger partial charge in [0.25, 0.3) is 11.8 Å². The van der Waals surface area contributed by atoms with Crippen molar-refractivity contribution in [1.29, 1.82) is 0 Å². The molecular formula is C34H49N7O6. The van der Waals surface area contributed by atoms with E-state index in [0.29, 0.717) is 6.54 Å². The monoisotopic (exact) mass is 651 g/mol. The third-order valence-electron chi connectivity index (χ3n) is 10.2. The molecule has 0 aromatic carbocycles. The van der Waals surface area contributed by atoms with Gasteiger partial charge in [-0.1, -0.05) is 46.5 Å². The molecule has 256 valence electrons. The molecule has 4 fully saturated rings. The van der Waals surface area contributed by atoms with E-state index in [4.69, 9.17) is 0 Å². The van der Waals surface area contributed by atoms with Gasteiger partial charge in [0.15, 0.2) is 0 Å². The average Bonchev–Trinajstić information content (AvgIpc) is 3.61. The van der Waals surface area contributed by atoms with Crippen molar-refractivity contribution in [1.82, 2.24) is 36.1 Å². The van der Waals surface area contributed by atoms with Gasteiger partial charge in [0, 0.05) is 25.0 Å². The van der Waals surface area contributed by atoms with Crippen LogP contribution in [0.5, 0.6) is 0 Å². The number of ketones is 1. The Balaban J connectivity index is 1.34. The summed E-state index contributed by atoms with van der Waals surface area (Å²) >= 11 is 0. The van der Waals surface area contributed by atoms with E-state index in [-0.39, 0.29) is 35.4 Å². The molecule has 0 bridgehead atoms. The molecule has 1 aliphatic heterocycles. The smallest absolute Gasteiger partial charge is 0.289 e. The van der Waals surface area contributed by atoms with E-state index in [2.05, 4.69) is 31.2 Å². The fourth-order valence-electron chi connectivity index (χ4n) is 7.46. The van der Waals surface area contributed by atoms with Gasteiger partial charge in [-0.25, -0.2) is 4.98 Å². The average molecular weight is 652 g/mol. The minimum absolute atomic E-state index is 0.0131. The van der Waals surface area contributed by atoms with E-state index < -0.39 is 59.0 Å². The largest absolute Gasteiger partial charge is 0.347 e. The fourth-order valence-corrected chi connectivity index (χ4v) is 7.46. The van der Waals surface area contributed by atoms with Gasteiger partial charge < -0.3 is 26.2 Å². The first kappa shape index (κ1) is 34.4. The van der Waals surface area contributed by atoms with Crippen LogP contribution in [0.15, 0.2) is 18.6 Å². The summed E-state index contributed by atoms with van der Waals surface area (Å²) in [6.07, 6.45) is 12.9. The zero-order valence-corrected chi connectivity index (χ0v) is 27.9. The molecule has 5 rings (SSSR count). The number of likely N-dealkylation sites (tertiary alicyclic amines) is 1. The Morgan fingerprint density at radius 2 is 1.60 bits per heavy atom. The Labute approximate surface area is 276 Å². The standard InChI is InChI=1S/C34H49N7O6/c1-19(27(42)32(46)38-22-13-14-22)37-31(45)26-23-12-8-11-21(23)18-41(26)33(47)28(34(2,3)4)40-30(44)25(20-9-6-5-7-10-20)39-29(43)24-17-35-15-16-36-24/h15-17,19-23,25-26,28H,5-14,18H2,1-4H3,(H,37,45)(H,38,46)(H,39,43)(H,40,44)/t19?,21-,23-,25-,26-,28?/m0/s1. The Bertz CT molecular complexity index is 1350. The van der Waals surface area contributed by atoms with Crippen LogP contribution >= 0.6 is 0 Å². The number of nitrogens with one attached hydrogen (secondary N) is 4. The molecule has 4 N–H and O–H groups in total. The molecule has 1 saturated heterocycles. The highest BCUT2D eigenvalue weighted by Gasteiger charge is 2.52. The van der Waals surface area contributed by atoms with Gasteiger partial charge in [-0.3, -0.25) is 33.8 Å². The number of hydrogen-bond donors (Lipinski definition) is 4. The molecular weight excluding hydrogens is 602 g/mol. The van der Waals surface area contributed by atoms with E-state index in [1.807, 2.05) is 20.8 Å². The van der Waals surface area contributed by atoms with Crippen molar-refractivity contribution in [3.63, 3.8) is 0 Å². The Morgan fingerprint density at radius 3 is 2.23 bits per heavy atom. The SMILES string of the molecule is CC(NC(=O)[C@@H]1[C@H]2CCC[C@H]2CN1C(=O)C(NC(=O)[C@@H](NC(=O)c1cnccn1)C1CCCCC1)C(C)(C)C)C(=O)C(=O)NC1CC1. The molecule has 2 heterocycles. The summed E-state index contributed by atoms with van der Waals surface area (Å²) < 4.78 is 0. The van der Waals surface area contributed by atoms with Crippen molar-refractivity contribution in [2.24, 2.45) is 23.2 Å². The summed E-state index contributed by atoms with van der Waals surface area (Å²) in [5.41, 5.74) is -0.637. The van der Waals surface area contributed by atoms with Crippen LogP contribution in [0.25, 0.3) is 0 Å². The Hall–Kier alpha value is -3.90.